The zero-order valence-corrected chi connectivity index (χ0v) is 11.9. The van der Waals surface area contributed by atoms with E-state index < -0.39 is 0 Å². The van der Waals surface area contributed by atoms with E-state index in [1.807, 2.05) is 29.0 Å². The molecule has 0 amide bonds. The highest BCUT2D eigenvalue weighted by molar-refractivity contribution is 9.10. The Labute approximate surface area is 118 Å². The minimum Gasteiger partial charge on any atom is -0.368 e. The predicted molar refractivity (Wildman–Crippen MR) is 78.2 cm³/mol. The van der Waals surface area contributed by atoms with Gasteiger partial charge in [-0.25, -0.2) is 9.97 Å². The number of anilines is 1. The predicted octanol–water partition coefficient (Wildman–Crippen LogP) is 2.72. The quantitative estimate of drug-likeness (QED) is 0.738. The van der Waals surface area contributed by atoms with E-state index in [-0.39, 0.29) is 0 Å². The highest BCUT2D eigenvalue weighted by Crippen LogP contribution is 2.23. The van der Waals surface area contributed by atoms with E-state index >= 15 is 0 Å². The summed E-state index contributed by atoms with van der Waals surface area (Å²) in [6, 6.07) is 5.87. The molecule has 0 saturated heterocycles. The van der Waals surface area contributed by atoms with Crippen molar-refractivity contribution in [3.05, 3.63) is 40.9 Å². The van der Waals surface area contributed by atoms with Gasteiger partial charge in [0.05, 0.1) is 11.4 Å². The summed E-state index contributed by atoms with van der Waals surface area (Å²) in [7, 11) is 0. The lowest BCUT2D eigenvalue weighted by Crippen LogP contribution is -2.02. The second kappa shape index (κ2) is 4.62. The Bertz CT molecular complexity index is 750. The first-order valence-corrected chi connectivity index (χ1v) is 6.73. The van der Waals surface area contributed by atoms with Crippen molar-refractivity contribution >= 4 is 32.9 Å². The summed E-state index contributed by atoms with van der Waals surface area (Å²) >= 11 is 3.37. The Morgan fingerprint density at radius 3 is 2.89 bits per heavy atom. The molecule has 0 fully saturated rings. The monoisotopic (exact) mass is 317 g/mol. The van der Waals surface area contributed by atoms with Crippen LogP contribution in [0.15, 0.2) is 35.2 Å². The number of pyridine rings is 1. The molecule has 2 N–H and O–H groups in total. The van der Waals surface area contributed by atoms with Crippen molar-refractivity contribution in [1.82, 2.24) is 19.5 Å². The van der Waals surface area contributed by atoms with E-state index in [9.17, 15) is 0 Å². The highest BCUT2D eigenvalue weighted by Gasteiger charge is 2.10. The molecule has 0 spiro atoms. The second-order valence-corrected chi connectivity index (χ2v) is 4.95. The summed E-state index contributed by atoms with van der Waals surface area (Å²) in [5.41, 5.74) is 8.55. The summed E-state index contributed by atoms with van der Waals surface area (Å²) in [4.78, 5) is 12.7. The third-order valence-corrected chi connectivity index (χ3v) is 3.40. The number of halogens is 1. The molecular weight excluding hydrogens is 306 g/mol. The van der Waals surface area contributed by atoms with Gasteiger partial charge in [-0.2, -0.15) is 4.98 Å². The second-order valence-electron chi connectivity index (χ2n) is 4.14. The van der Waals surface area contributed by atoms with Gasteiger partial charge in [0.25, 0.3) is 0 Å². The molecule has 96 valence electrons. The molecule has 0 radical (unpaired) electrons. The van der Waals surface area contributed by atoms with Crippen LogP contribution in [0.2, 0.25) is 0 Å². The number of nitrogens with two attached hydrogens (primary N) is 1. The van der Waals surface area contributed by atoms with Gasteiger partial charge in [0.15, 0.2) is 0 Å². The van der Waals surface area contributed by atoms with Gasteiger partial charge in [0.2, 0.25) is 5.95 Å². The number of nitrogens with zero attached hydrogens (tertiary/aromatic N) is 4. The first kappa shape index (κ1) is 12.1. The van der Waals surface area contributed by atoms with Crippen molar-refractivity contribution in [2.45, 2.75) is 13.3 Å². The maximum Gasteiger partial charge on any atom is 0.222 e. The van der Waals surface area contributed by atoms with E-state index in [4.69, 9.17) is 5.73 Å². The lowest BCUT2D eigenvalue weighted by Gasteiger charge is -2.06. The molecule has 0 aliphatic rings. The molecule has 5 nitrogen and oxygen atoms in total. The highest BCUT2D eigenvalue weighted by atomic mass is 79.9. The maximum atomic E-state index is 5.78. The Balaban J connectivity index is 2.28. The maximum absolute atomic E-state index is 5.78. The number of aromatic nitrogens is 4. The van der Waals surface area contributed by atoms with E-state index in [0.29, 0.717) is 5.95 Å². The van der Waals surface area contributed by atoms with Crippen LogP contribution in [-0.2, 0) is 6.42 Å². The van der Waals surface area contributed by atoms with Gasteiger partial charge in [0, 0.05) is 17.8 Å². The van der Waals surface area contributed by atoms with Crippen molar-refractivity contribution in [3.63, 3.8) is 0 Å². The van der Waals surface area contributed by atoms with Gasteiger partial charge in [-0.05, 0) is 40.5 Å². The molecule has 0 atom stereocenters. The molecule has 19 heavy (non-hydrogen) atoms. The fourth-order valence-electron chi connectivity index (χ4n) is 2.12. The van der Waals surface area contributed by atoms with Gasteiger partial charge in [-0.15, -0.1) is 0 Å². The molecule has 3 rings (SSSR count). The van der Waals surface area contributed by atoms with E-state index in [1.165, 1.54) is 0 Å². The number of nitrogen functional groups attached to an aromatic ring is 1. The molecule has 0 aliphatic heterocycles. The summed E-state index contributed by atoms with van der Waals surface area (Å²) in [5, 5.41) is 1.03. The number of fused-ring (bicyclic) bond motifs is 1. The lowest BCUT2D eigenvalue weighted by atomic mass is 10.2. The number of rotatable bonds is 2. The van der Waals surface area contributed by atoms with Crippen LogP contribution in [-0.4, -0.2) is 19.5 Å². The zero-order valence-electron chi connectivity index (χ0n) is 10.3. The molecule has 6 heteroatoms. The number of aryl methyl sites for hydroxylation is 1. The Kier molecular flexibility index (Phi) is 2.94. The largest absolute Gasteiger partial charge is 0.368 e. The molecule has 3 aromatic heterocycles. The molecule has 0 aliphatic carbocycles. The van der Waals surface area contributed by atoms with Crippen LogP contribution in [0, 0.1) is 0 Å². The summed E-state index contributed by atoms with van der Waals surface area (Å²) < 4.78 is 2.77. The van der Waals surface area contributed by atoms with Crippen LogP contribution in [0.4, 0.5) is 5.95 Å². The van der Waals surface area contributed by atoms with Crippen molar-refractivity contribution in [2.75, 3.05) is 5.73 Å². The number of hydrogen-bond donors (Lipinski definition) is 1. The van der Waals surface area contributed by atoms with E-state index in [2.05, 4.69) is 37.8 Å². The van der Waals surface area contributed by atoms with Crippen molar-refractivity contribution in [2.24, 2.45) is 0 Å². The van der Waals surface area contributed by atoms with E-state index in [1.54, 1.807) is 6.20 Å². The first-order chi connectivity index (χ1) is 9.19. The molecule has 0 saturated carbocycles. The topological polar surface area (TPSA) is 69.6 Å². The van der Waals surface area contributed by atoms with Crippen LogP contribution in [0.5, 0.6) is 0 Å². The summed E-state index contributed by atoms with van der Waals surface area (Å²) in [5.74, 6) is 0.303. The molecule has 0 aromatic carbocycles. The van der Waals surface area contributed by atoms with E-state index in [0.717, 1.165) is 33.4 Å². The Morgan fingerprint density at radius 2 is 2.16 bits per heavy atom. The van der Waals surface area contributed by atoms with Crippen LogP contribution in [0.1, 0.15) is 12.6 Å². The molecule has 0 bridgehead atoms. The minimum absolute atomic E-state index is 0.303. The van der Waals surface area contributed by atoms with Crippen molar-refractivity contribution in [3.8, 4) is 5.69 Å². The smallest absolute Gasteiger partial charge is 0.222 e. The molecular formula is C13H12BrN5. The molecule has 3 heterocycles. The molecule has 3 aromatic rings. The van der Waals surface area contributed by atoms with Crippen LogP contribution in [0.25, 0.3) is 16.7 Å². The average molecular weight is 318 g/mol. The fourth-order valence-corrected chi connectivity index (χ4v) is 2.47. The summed E-state index contributed by atoms with van der Waals surface area (Å²) in [6.07, 6.45) is 4.55. The van der Waals surface area contributed by atoms with Crippen LogP contribution in [0.3, 0.4) is 0 Å². The zero-order chi connectivity index (χ0) is 13.4. The van der Waals surface area contributed by atoms with Gasteiger partial charge in [-0.3, -0.25) is 0 Å². The summed E-state index contributed by atoms with van der Waals surface area (Å²) in [6.45, 7) is 2.06. The fraction of sp³-hybridized carbons (Fsp3) is 0.154. The van der Waals surface area contributed by atoms with Crippen molar-refractivity contribution in [1.29, 1.82) is 0 Å². The minimum atomic E-state index is 0.303. The van der Waals surface area contributed by atoms with Gasteiger partial charge in [-0.1, -0.05) is 6.92 Å². The standard InChI is InChI=1S/C13H12BrN5/c1-2-10-9-4-6-19(12(9)18-13(15)17-10)8-3-5-16-11(14)7-8/h3-7H,2H2,1H3,(H2,15,17,18). The Hall–Kier alpha value is -1.95. The van der Waals surface area contributed by atoms with Gasteiger partial charge < -0.3 is 10.3 Å². The first-order valence-electron chi connectivity index (χ1n) is 5.94. The van der Waals surface area contributed by atoms with Crippen LogP contribution < -0.4 is 5.73 Å². The van der Waals surface area contributed by atoms with Crippen LogP contribution >= 0.6 is 15.9 Å². The number of hydrogen-bond acceptors (Lipinski definition) is 4. The third-order valence-electron chi connectivity index (χ3n) is 2.96. The normalized spacial score (nSPS) is 11.1. The lowest BCUT2D eigenvalue weighted by molar-refractivity contribution is 1.02. The third kappa shape index (κ3) is 2.08. The SMILES string of the molecule is CCc1nc(N)nc2c1ccn2-c1ccnc(Br)c1. The van der Waals surface area contributed by atoms with Gasteiger partial charge in [0.1, 0.15) is 10.3 Å². The Morgan fingerprint density at radius 1 is 1.32 bits per heavy atom. The van der Waals surface area contributed by atoms with Crippen molar-refractivity contribution < 1.29 is 0 Å². The molecule has 0 unspecified atom stereocenters. The van der Waals surface area contributed by atoms with Gasteiger partial charge >= 0.3 is 0 Å². The average Bonchev–Trinajstić information content (AvgIpc) is 2.81.